The summed E-state index contributed by atoms with van der Waals surface area (Å²) in [6, 6.07) is 16.0. The first-order chi connectivity index (χ1) is 13.5. The third kappa shape index (κ3) is 5.97. The van der Waals surface area contributed by atoms with Crippen LogP contribution in [0.4, 0.5) is 5.69 Å². The van der Waals surface area contributed by atoms with Crippen molar-refractivity contribution in [2.24, 2.45) is 0 Å². The SMILES string of the molecule is CCCCN(c1ccccc1)S(=O)(=O)c1ccc(OCCN(CC)CC)cc1. The summed E-state index contributed by atoms with van der Waals surface area (Å²) in [5, 5.41) is 0. The average molecular weight is 405 g/mol. The summed E-state index contributed by atoms with van der Waals surface area (Å²) in [4.78, 5) is 2.56. The number of anilines is 1. The second-order valence-electron chi connectivity index (χ2n) is 6.61. The van der Waals surface area contributed by atoms with Gasteiger partial charge in [-0.2, -0.15) is 0 Å². The molecule has 6 heteroatoms. The minimum Gasteiger partial charge on any atom is -0.492 e. The maximum atomic E-state index is 13.2. The highest BCUT2D eigenvalue weighted by molar-refractivity contribution is 7.92. The third-order valence-electron chi connectivity index (χ3n) is 4.74. The van der Waals surface area contributed by atoms with E-state index in [0.29, 0.717) is 24.6 Å². The molecule has 0 atom stereocenters. The van der Waals surface area contributed by atoms with Crippen molar-refractivity contribution in [2.75, 3.05) is 37.1 Å². The Labute approximate surface area is 170 Å². The zero-order valence-electron chi connectivity index (χ0n) is 17.2. The van der Waals surface area contributed by atoms with Gasteiger partial charge in [0, 0.05) is 13.1 Å². The van der Waals surface area contributed by atoms with Gasteiger partial charge in [-0.3, -0.25) is 4.31 Å². The molecule has 2 aromatic rings. The van der Waals surface area contributed by atoms with Gasteiger partial charge in [-0.15, -0.1) is 0 Å². The molecule has 0 saturated heterocycles. The Balaban J connectivity index is 2.12. The standard InChI is InChI=1S/C22H32N2O3S/c1-4-7-17-24(20-11-9-8-10-12-20)28(25,26)22-15-13-21(14-16-22)27-19-18-23(5-2)6-3/h8-16H,4-7,17-19H2,1-3H3. The van der Waals surface area contributed by atoms with Gasteiger partial charge in [-0.1, -0.05) is 45.4 Å². The average Bonchev–Trinajstić information content (AvgIpc) is 2.72. The highest BCUT2D eigenvalue weighted by Gasteiger charge is 2.24. The minimum atomic E-state index is -3.62. The van der Waals surface area contributed by atoms with E-state index < -0.39 is 10.0 Å². The fraction of sp³-hybridized carbons (Fsp3) is 0.455. The fourth-order valence-electron chi connectivity index (χ4n) is 2.95. The van der Waals surface area contributed by atoms with Crippen molar-refractivity contribution in [3.8, 4) is 5.75 Å². The molecule has 154 valence electrons. The van der Waals surface area contributed by atoms with E-state index in [-0.39, 0.29) is 4.90 Å². The predicted molar refractivity (Wildman–Crippen MR) is 116 cm³/mol. The number of ether oxygens (including phenoxy) is 1. The van der Waals surface area contributed by atoms with Crippen LogP contribution in [0.1, 0.15) is 33.6 Å². The monoisotopic (exact) mass is 404 g/mol. The quantitative estimate of drug-likeness (QED) is 0.526. The Hall–Kier alpha value is -2.05. The third-order valence-corrected chi connectivity index (χ3v) is 6.58. The number of benzene rings is 2. The molecule has 0 aliphatic heterocycles. The Kier molecular flexibility index (Phi) is 8.80. The molecule has 0 aromatic heterocycles. The van der Waals surface area contributed by atoms with Crippen LogP contribution >= 0.6 is 0 Å². The first-order valence-corrected chi connectivity index (χ1v) is 11.5. The molecule has 0 bridgehead atoms. The predicted octanol–water partition coefficient (Wildman–Crippen LogP) is 4.40. The number of para-hydroxylation sites is 1. The van der Waals surface area contributed by atoms with Crippen LogP contribution in [0.5, 0.6) is 5.75 Å². The second kappa shape index (κ2) is 11.1. The van der Waals surface area contributed by atoms with Crippen LogP contribution in [0, 0.1) is 0 Å². The molecule has 0 radical (unpaired) electrons. The number of sulfonamides is 1. The van der Waals surface area contributed by atoms with Gasteiger partial charge >= 0.3 is 0 Å². The molecule has 0 fully saturated rings. The van der Waals surface area contributed by atoms with Gasteiger partial charge in [0.1, 0.15) is 12.4 Å². The molecule has 0 amide bonds. The minimum absolute atomic E-state index is 0.281. The molecule has 0 aliphatic carbocycles. The van der Waals surface area contributed by atoms with Crippen molar-refractivity contribution in [1.82, 2.24) is 4.90 Å². The number of unbranched alkanes of at least 4 members (excludes halogenated alkanes) is 1. The van der Waals surface area contributed by atoms with Crippen LogP contribution in [0.3, 0.4) is 0 Å². The molecular formula is C22H32N2O3S. The van der Waals surface area contributed by atoms with E-state index in [1.165, 1.54) is 4.31 Å². The van der Waals surface area contributed by atoms with Gasteiger partial charge in [0.25, 0.3) is 10.0 Å². The van der Waals surface area contributed by atoms with E-state index in [1.54, 1.807) is 24.3 Å². The number of hydrogen-bond acceptors (Lipinski definition) is 4. The lowest BCUT2D eigenvalue weighted by atomic mass is 10.3. The van der Waals surface area contributed by atoms with Gasteiger partial charge in [-0.05, 0) is 55.9 Å². The van der Waals surface area contributed by atoms with Crippen molar-refractivity contribution in [2.45, 2.75) is 38.5 Å². The second-order valence-corrected chi connectivity index (χ2v) is 8.48. The molecule has 2 rings (SSSR count). The van der Waals surface area contributed by atoms with Crippen LogP contribution in [0.15, 0.2) is 59.5 Å². The van der Waals surface area contributed by atoms with Crippen LogP contribution in [-0.2, 0) is 10.0 Å². The number of nitrogens with zero attached hydrogens (tertiary/aromatic N) is 2. The number of likely N-dealkylation sites (N-methyl/N-ethyl adjacent to an activating group) is 1. The zero-order chi connectivity index (χ0) is 20.4. The fourth-order valence-corrected chi connectivity index (χ4v) is 4.45. The van der Waals surface area contributed by atoms with Crippen molar-refractivity contribution < 1.29 is 13.2 Å². The smallest absolute Gasteiger partial charge is 0.264 e. The summed E-state index contributed by atoms with van der Waals surface area (Å²) < 4.78 is 33.7. The normalized spacial score (nSPS) is 11.6. The molecule has 0 heterocycles. The van der Waals surface area contributed by atoms with Gasteiger partial charge in [0.2, 0.25) is 0 Å². The molecule has 0 aliphatic rings. The van der Waals surface area contributed by atoms with Crippen molar-refractivity contribution in [3.05, 3.63) is 54.6 Å². The van der Waals surface area contributed by atoms with Crippen molar-refractivity contribution >= 4 is 15.7 Å². The van der Waals surface area contributed by atoms with E-state index in [4.69, 9.17) is 4.74 Å². The lowest BCUT2D eigenvalue weighted by Crippen LogP contribution is -2.32. The molecule has 0 saturated carbocycles. The summed E-state index contributed by atoms with van der Waals surface area (Å²) in [6.45, 7) is 10.2. The molecule has 2 aromatic carbocycles. The summed E-state index contributed by atoms with van der Waals surface area (Å²) in [5.41, 5.74) is 0.690. The van der Waals surface area contributed by atoms with Gasteiger partial charge in [0.05, 0.1) is 10.6 Å². The Bertz CT molecular complexity index is 788. The first-order valence-electron chi connectivity index (χ1n) is 10.1. The van der Waals surface area contributed by atoms with Gasteiger partial charge in [0.15, 0.2) is 0 Å². The highest BCUT2D eigenvalue weighted by atomic mass is 32.2. The lowest BCUT2D eigenvalue weighted by Gasteiger charge is -2.24. The van der Waals surface area contributed by atoms with Crippen molar-refractivity contribution in [1.29, 1.82) is 0 Å². The van der Waals surface area contributed by atoms with Crippen LogP contribution in [0.2, 0.25) is 0 Å². The van der Waals surface area contributed by atoms with E-state index in [2.05, 4.69) is 25.7 Å². The van der Waals surface area contributed by atoms with E-state index in [9.17, 15) is 8.42 Å². The van der Waals surface area contributed by atoms with E-state index in [1.807, 2.05) is 30.3 Å². The van der Waals surface area contributed by atoms with Crippen LogP contribution in [0.25, 0.3) is 0 Å². The van der Waals surface area contributed by atoms with Gasteiger partial charge in [-0.25, -0.2) is 8.42 Å². The van der Waals surface area contributed by atoms with Crippen LogP contribution < -0.4 is 9.04 Å². The Morgan fingerprint density at radius 3 is 2.07 bits per heavy atom. The Morgan fingerprint density at radius 1 is 0.857 bits per heavy atom. The Morgan fingerprint density at radius 2 is 1.50 bits per heavy atom. The largest absolute Gasteiger partial charge is 0.492 e. The summed E-state index contributed by atoms with van der Waals surface area (Å²) in [6.07, 6.45) is 1.73. The highest BCUT2D eigenvalue weighted by Crippen LogP contribution is 2.25. The summed E-state index contributed by atoms with van der Waals surface area (Å²) in [7, 11) is -3.62. The number of hydrogen-bond donors (Lipinski definition) is 0. The molecule has 0 unspecified atom stereocenters. The zero-order valence-corrected chi connectivity index (χ0v) is 18.0. The van der Waals surface area contributed by atoms with E-state index >= 15 is 0 Å². The summed E-state index contributed by atoms with van der Waals surface area (Å²) >= 11 is 0. The maximum absolute atomic E-state index is 13.2. The van der Waals surface area contributed by atoms with Crippen LogP contribution in [-0.4, -0.2) is 46.1 Å². The summed E-state index contributed by atoms with van der Waals surface area (Å²) in [5.74, 6) is 0.686. The molecule has 5 nitrogen and oxygen atoms in total. The molecule has 28 heavy (non-hydrogen) atoms. The first kappa shape index (κ1) is 22.2. The lowest BCUT2D eigenvalue weighted by molar-refractivity contribution is 0.222. The molecular weight excluding hydrogens is 372 g/mol. The number of rotatable bonds is 12. The maximum Gasteiger partial charge on any atom is 0.264 e. The van der Waals surface area contributed by atoms with Gasteiger partial charge < -0.3 is 9.64 Å². The molecule has 0 N–H and O–H groups in total. The topological polar surface area (TPSA) is 49.9 Å². The van der Waals surface area contributed by atoms with E-state index in [0.717, 1.165) is 32.5 Å². The molecule has 0 spiro atoms. The van der Waals surface area contributed by atoms with Crippen molar-refractivity contribution in [3.63, 3.8) is 0 Å².